The van der Waals surface area contributed by atoms with E-state index in [9.17, 15) is 4.79 Å². The molecule has 20 heavy (non-hydrogen) atoms. The summed E-state index contributed by atoms with van der Waals surface area (Å²) in [6.07, 6.45) is 0. The smallest absolute Gasteiger partial charge is 0.181 e. The molecule has 3 nitrogen and oxygen atoms in total. The third-order valence-electron chi connectivity index (χ3n) is 2.99. The average Bonchev–Trinajstić information content (AvgIpc) is 2.53. The Kier molecular flexibility index (Phi) is 4.79. The first-order valence-corrected chi connectivity index (χ1v) is 7.04. The van der Waals surface area contributed by atoms with E-state index in [2.05, 4.69) is 15.9 Å². The third-order valence-corrected chi connectivity index (χ3v) is 3.93. The summed E-state index contributed by atoms with van der Waals surface area (Å²) in [6.45, 7) is 0. The predicted octanol–water partition coefficient (Wildman–Crippen LogP) is 4.02. The molecular weight excluding hydrogens is 320 g/mol. The van der Waals surface area contributed by atoms with Crippen LogP contribution in [0, 0.1) is 0 Å². The molecule has 0 aromatic heterocycles. The van der Waals surface area contributed by atoms with Crippen LogP contribution in [-0.2, 0) is 0 Å². The molecule has 0 aliphatic heterocycles. The van der Waals surface area contributed by atoms with Crippen LogP contribution in [0.5, 0.6) is 11.5 Å². The van der Waals surface area contributed by atoms with Crippen molar-refractivity contribution in [2.24, 2.45) is 0 Å². The van der Waals surface area contributed by atoms with Crippen LogP contribution >= 0.6 is 15.9 Å². The normalized spacial score (nSPS) is 11.8. The molecule has 1 atom stereocenters. The number of halogens is 1. The Bertz CT molecular complexity index is 596. The fourth-order valence-corrected chi connectivity index (χ4v) is 2.48. The number of Topliss-reactive ketones (excluding diaryl/α,β-unsaturated/α-hetero) is 1. The van der Waals surface area contributed by atoms with Crippen molar-refractivity contribution in [3.05, 3.63) is 59.7 Å². The molecule has 0 spiro atoms. The molecule has 0 fully saturated rings. The predicted molar refractivity (Wildman–Crippen MR) is 82.0 cm³/mol. The topological polar surface area (TPSA) is 35.5 Å². The van der Waals surface area contributed by atoms with Crippen LogP contribution in [0.2, 0.25) is 0 Å². The van der Waals surface area contributed by atoms with Crippen LogP contribution in [0.15, 0.2) is 48.5 Å². The number of carbonyl (C=O) groups is 1. The quantitative estimate of drug-likeness (QED) is 0.611. The van der Waals surface area contributed by atoms with Gasteiger partial charge >= 0.3 is 0 Å². The number of hydrogen-bond acceptors (Lipinski definition) is 3. The van der Waals surface area contributed by atoms with Gasteiger partial charge in [0.15, 0.2) is 17.3 Å². The Balaban J connectivity index is 2.29. The van der Waals surface area contributed by atoms with E-state index >= 15 is 0 Å². The molecule has 0 radical (unpaired) electrons. The maximum absolute atomic E-state index is 12.5. The number of carbonyl (C=O) groups excluding carboxylic acids is 1. The highest BCUT2D eigenvalue weighted by Crippen LogP contribution is 2.32. The van der Waals surface area contributed by atoms with Gasteiger partial charge in [-0.2, -0.15) is 0 Å². The van der Waals surface area contributed by atoms with Gasteiger partial charge in [0.25, 0.3) is 0 Å². The zero-order valence-electron chi connectivity index (χ0n) is 11.3. The minimum absolute atomic E-state index is 0.0165. The summed E-state index contributed by atoms with van der Waals surface area (Å²) in [7, 11) is 3.12. The van der Waals surface area contributed by atoms with E-state index in [0.29, 0.717) is 17.1 Å². The van der Waals surface area contributed by atoms with E-state index in [1.807, 2.05) is 30.3 Å². The Morgan fingerprint density at radius 2 is 1.65 bits per heavy atom. The van der Waals surface area contributed by atoms with E-state index in [1.165, 1.54) is 0 Å². The van der Waals surface area contributed by atoms with E-state index < -0.39 is 0 Å². The summed E-state index contributed by atoms with van der Waals surface area (Å²) >= 11 is 3.45. The zero-order chi connectivity index (χ0) is 14.5. The van der Waals surface area contributed by atoms with Crippen LogP contribution in [0.1, 0.15) is 20.7 Å². The molecule has 104 valence electrons. The highest BCUT2D eigenvalue weighted by atomic mass is 79.9. The highest BCUT2D eigenvalue weighted by Gasteiger charge is 2.20. The largest absolute Gasteiger partial charge is 0.493 e. The van der Waals surface area contributed by atoms with E-state index in [0.717, 1.165) is 5.56 Å². The Morgan fingerprint density at radius 1 is 1.00 bits per heavy atom. The van der Waals surface area contributed by atoms with Gasteiger partial charge in [-0.1, -0.05) is 46.3 Å². The molecule has 0 heterocycles. The van der Waals surface area contributed by atoms with Crippen molar-refractivity contribution in [3.8, 4) is 11.5 Å². The first-order chi connectivity index (χ1) is 9.67. The molecular formula is C16H15BrO3. The molecule has 0 aliphatic carbocycles. The van der Waals surface area contributed by atoms with Crippen LogP contribution in [0.25, 0.3) is 0 Å². The SMILES string of the molecule is COc1ccc(C(=O)[C@H](Br)c2ccccc2)cc1OC. The summed E-state index contributed by atoms with van der Waals surface area (Å²) in [6, 6.07) is 14.7. The Morgan fingerprint density at radius 3 is 2.25 bits per heavy atom. The Labute approximate surface area is 126 Å². The number of ketones is 1. The van der Waals surface area contributed by atoms with Crippen molar-refractivity contribution >= 4 is 21.7 Å². The summed E-state index contributed by atoms with van der Waals surface area (Å²) in [4.78, 5) is 12.1. The van der Waals surface area contributed by atoms with Gasteiger partial charge in [0, 0.05) is 5.56 Å². The maximum atomic E-state index is 12.5. The lowest BCUT2D eigenvalue weighted by molar-refractivity contribution is 0.0991. The third kappa shape index (κ3) is 3.02. The molecule has 2 rings (SSSR count). The Hall–Kier alpha value is -1.81. The molecule has 0 saturated heterocycles. The second kappa shape index (κ2) is 6.57. The standard InChI is InChI=1S/C16H15BrO3/c1-19-13-9-8-12(10-14(13)20-2)16(18)15(17)11-6-4-3-5-7-11/h3-10,15H,1-2H3/t15-/m1/s1. The zero-order valence-corrected chi connectivity index (χ0v) is 12.9. The summed E-state index contributed by atoms with van der Waals surface area (Å²) < 4.78 is 10.4. The second-order valence-electron chi connectivity index (χ2n) is 4.21. The lowest BCUT2D eigenvalue weighted by Crippen LogP contribution is -2.07. The molecule has 0 aliphatic rings. The van der Waals surface area contributed by atoms with Gasteiger partial charge in [0.05, 0.1) is 14.2 Å². The minimum Gasteiger partial charge on any atom is -0.493 e. The van der Waals surface area contributed by atoms with Gasteiger partial charge in [0.2, 0.25) is 0 Å². The summed E-state index contributed by atoms with van der Waals surface area (Å²) in [5.74, 6) is 1.14. The highest BCUT2D eigenvalue weighted by molar-refractivity contribution is 9.09. The van der Waals surface area contributed by atoms with Crippen molar-refractivity contribution in [1.29, 1.82) is 0 Å². The second-order valence-corrected chi connectivity index (χ2v) is 5.12. The van der Waals surface area contributed by atoms with Crippen molar-refractivity contribution in [1.82, 2.24) is 0 Å². The first-order valence-electron chi connectivity index (χ1n) is 6.12. The van der Waals surface area contributed by atoms with E-state index in [4.69, 9.17) is 9.47 Å². The molecule has 0 unspecified atom stereocenters. The average molecular weight is 335 g/mol. The molecule has 0 N–H and O–H groups in total. The van der Waals surface area contributed by atoms with Gasteiger partial charge in [-0.15, -0.1) is 0 Å². The fourth-order valence-electron chi connectivity index (χ4n) is 1.91. The number of hydrogen-bond donors (Lipinski definition) is 0. The summed E-state index contributed by atoms with van der Waals surface area (Å²) in [5, 5.41) is 0. The van der Waals surface area contributed by atoms with Crippen LogP contribution in [0.4, 0.5) is 0 Å². The molecule has 4 heteroatoms. The monoisotopic (exact) mass is 334 g/mol. The summed E-state index contributed by atoms with van der Waals surface area (Å²) in [5.41, 5.74) is 1.50. The molecule has 2 aromatic rings. The number of methoxy groups -OCH3 is 2. The number of benzene rings is 2. The minimum atomic E-state index is -0.373. The molecule has 0 bridgehead atoms. The van der Waals surface area contributed by atoms with Crippen LogP contribution < -0.4 is 9.47 Å². The first kappa shape index (κ1) is 14.6. The van der Waals surface area contributed by atoms with Gasteiger partial charge < -0.3 is 9.47 Å². The van der Waals surface area contributed by atoms with Gasteiger partial charge in [-0.3, -0.25) is 4.79 Å². The van der Waals surface area contributed by atoms with Crippen molar-refractivity contribution < 1.29 is 14.3 Å². The van der Waals surface area contributed by atoms with Gasteiger partial charge in [-0.05, 0) is 23.8 Å². The molecule has 0 saturated carbocycles. The van der Waals surface area contributed by atoms with E-state index in [1.54, 1.807) is 32.4 Å². The van der Waals surface area contributed by atoms with Crippen molar-refractivity contribution in [2.45, 2.75) is 4.83 Å². The van der Waals surface area contributed by atoms with Crippen LogP contribution in [-0.4, -0.2) is 20.0 Å². The van der Waals surface area contributed by atoms with Crippen molar-refractivity contribution in [3.63, 3.8) is 0 Å². The molecule has 0 amide bonds. The van der Waals surface area contributed by atoms with Gasteiger partial charge in [-0.25, -0.2) is 0 Å². The lowest BCUT2D eigenvalue weighted by atomic mass is 10.0. The number of rotatable bonds is 5. The lowest BCUT2D eigenvalue weighted by Gasteiger charge is -2.12. The maximum Gasteiger partial charge on any atom is 0.181 e. The van der Waals surface area contributed by atoms with Crippen molar-refractivity contribution in [2.75, 3.05) is 14.2 Å². The van der Waals surface area contributed by atoms with Gasteiger partial charge in [0.1, 0.15) is 4.83 Å². The van der Waals surface area contributed by atoms with E-state index in [-0.39, 0.29) is 10.6 Å². The molecule has 2 aromatic carbocycles. The number of ether oxygens (including phenoxy) is 2. The van der Waals surface area contributed by atoms with Crippen LogP contribution in [0.3, 0.4) is 0 Å². The number of alkyl halides is 1. The fraction of sp³-hybridized carbons (Fsp3) is 0.188.